The molecule has 3 heterocycles. The van der Waals surface area contributed by atoms with E-state index in [1.54, 1.807) is 21.9 Å². The first-order valence-corrected chi connectivity index (χ1v) is 11.6. The van der Waals surface area contributed by atoms with Gasteiger partial charge in [-0.2, -0.15) is 4.98 Å². The molecule has 0 saturated carbocycles. The van der Waals surface area contributed by atoms with Crippen LogP contribution in [-0.2, 0) is 6.42 Å². The van der Waals surface area contributed by atoms with Crippen molar-refractivity contribution in [1.82, 2.24) is 19.4 Å². The van der Waals surface area contributed by atoms with Crippen LogP contribution in [0.5, 0.6) is 5.88 Å². The molecule has 1 fully saturated rings. The van der Waals surface area contributed by atoms with Crippen molar-refractivity contribution in [2.75, 3.05) is 13.1 Å². The Morgan fingerprint density at radius 1 is 1.18 bits per heavy atom. The number of unbranched alkanes of at least 4 members (excludes halogenated alkanes) is 1. The van der Waals surface area contributed by atoms with Crippen molar-refractivity contribution in [3.05, 3.63) is 87.7 Å². The third kappa shape index (κ3) is 4.67. The van der Waals surface area contributed by atoms with E-state index >= 15 is 0 Å². The Morgan fingerprint density at radius 3 is 2.61 bits per heavy atom. The van der Waals surface area contributed by atoms with Crippen LogP contribution < -0.4 is 5.56 Å². The number of carbonyl (C=O) groups is 1. The zero-order valence-electron chi connectivity index (χ0n) is 19.1. The van der Waals surface area contributed by atoms with Crippen LogP contribution in [0.2, 0.25) is 0 Å². The van der Waals surface area contributed by atoms with Crippen LogP contribution in [0.3, 0.4) is 0 Å². The van der Waals surface area contributed by atoms with Gasteiger partial charge in [-0.1, -0.05) is 43.7 Å². The van der Waals surface area contributed by atoms with Gasteiger partial charge in [0.2, 0.25) is 5.88 Å². The Balaban J connectivity index is 1.70. The van der Waals surface area contributed by atoms with Gasteiger partial charge in [-0.05, 0) is 43.0 Å². The summed E-state index contributed by atoms with van der Waals surface area (Å²) in [6.45, 7) is 5.03. The van der Waals surface area contributed by atoms with Gasteiger partial charge in [0.15, 0.2) is 5.56 Å². The fourth-order valence-electron chi connectivity index (χ4n) is 4.56. The highest BCUT2D eigenvalue weighted by Crippen LogP contribution is 2.31. The molecule has 4 rings (SSSR count). The maximum absolute atomic E-state index is 13.4. The van der Waals surface area contributed by atoms with Gasteiger partial charge in [-0.25, -0.2) is 0 Å². The van der Waals surface area contributed by atoms with Crippen molar-refractivity contribution in [3.8, 4) is 5.88 Å². The smallest absolute Gasteiger partial charge is 0.289 e. The van der Waals surface area contributed by atoms with E-state index < -0.39 is 11.5 Å². The van der Waals surface area contributed by atoms with Crippen LogP contribution in [0.15, 0.2) is 59.7 Å². The summed E-state index contributed by atoms with van der Waals surface area (Å²) in [6, 6.07) is 13.5. The molecule has 0 bridgehead atoms. The third-order valence-electron chi connectivity index (χ3n) is 6.46. The molecule has 1 N–H and O–H groups in total. The fourth-order valence-corrected chi connectivity index (χ4v) is 4.56. The van der Waals surface area contributed by atoms with Crippen LogP contribution in [0.4, 0.5) is 0 Å². The molecule has 1 aromatic carbocycles. The van der Waals surface area contributed by atoms with Crippen molar-refractivity contribution in [2.45, 2.75) is 51.5 Å². The van der Waals surface area contributed by atoms with E-state index in [1.807, 2.05) is 37.3 Å². The van der Waals surface area contributed by atoms with Gasteiger partial charge in [0.05, 0.1) is 6.04 Å². The molecule has 1 aliphatic heterocycles. The maximum Gasteiger partial charge on any atom is 0.289 e. The van der Waals surface area contributed by atoms with Gasteiger partial charge in [-0.15, -0.1) is 0 Å². The van der Waals surface area contributed by atoms with Gasteiger partial charge in [0.1, 0.15) is 5.82 Å². The molecule has 2 atom stereocenters. The van der Waals surface area contributed by atoms with Crippen molar-refractivity contribution in [3.63, 3.8) is 0 Å². The largest absolute Gasteiger partial charge is 0.494 e. The van der Waals surface area contributed by atoms with E-state index in [0.29, 0.717) is 25.3 Å². The number of pyridine rings is 1. The number of nitrogens with zero attached hydrogens (tertiary/aromatic N) is 4. The number of amides is 1. The Kier molecular flexibility index (Phi) is 6.87. The summed E-state index contributed by atoms with van der Waals surface area (Å²) < 4.78 is 1.63. The zero-order valence-corrected chi connectivity index (χ0v) is 19.1. The number of rotatable bonds is 7. The van der Waals surface area contributed by atoms with Crippen molar-refractivity contribution < 1.29 is 9.90 Å². The number of benzene rings is 1. The molecule has 7 nitrogen and oxygen atoms in total. The molecule has 2 aromatic heterocycles. The molecule has 0 aliphatic carbocycles. The first-order valence-electron chi connectivity index (χ1n) is 11.6. The van der Waals surface area contributed by atoms with E-state index in [0.717, 1.165) is 24.8 Å². The van der Waals surface area contributed by atoms with E-state index in [1.165, 1.54) is 5.56 Å². The van der Waals surface area contributed by atoms with Crippen LogP contribution in [0.25, 0.3) is 0 Å². The molecule has 172 valence electrons. The summed E-state index contributed by atoms with van der Waals surface area (Å²) in [5.41, 5.74) is 1.18. The second-order valence-electron chi connectivity index (χ2n) is 8.61. The van der Waals surface area contributed by atoms with E-state index in [9.17, 15) is 14.7 Å². The van der Waals surface area contributed by atoms with Crippen LogP contribution in [-0.4, -0.2) is 43.5 Å². The maximum atomic E-state index is 13.4. The minimum absolute atomic E-state index is 0.215. The van der Waals surface area contributed by atoms with Gasteiger partial charge in [0, 0.05) is 37.8 Å². The summed E-state index contributed by atoms with van der Waals surface area (Å²) in [4.78, 5) is 36.3. The summed E-state index contributed by atoms with van der Waals surface area (Å²) in [7, 11) is 0. The predicted molar refractivity (Wildman–Crippen MR) is 127 cm³/mol. The summed E-state index contributed by atoms with van der Waals surface area (Å²) in [6.07, 6.45) is 6.49. The molecule has 7 heteroatoms. The molecule has 1 unspecified atom stereocenters. The summed E-state index contributed by atoms with van der Waals surface area (Å²) in [5.74, 6) is -0.0597. The number of aromatic nitrogens is 3. The van der Waals surface area contributed by atoms with E-state index in [4.69, 9.17) is 0 Å². The number of hydrogen-bond acceptors (Lipinski definition) is 5. The minimum Gasteiger partial charge on any atom is -0.494 e. The lowest BCUT2D eigenvalue weighted by atomic mass is 9.99. The van der Waals surface area contributed by atoms with Gasteiger partial charge >= 0.3 is 0 Å². The quantitative estimate of drug-likeness (QED) is 0.594. The Bertz CT molecular complexity index is 1160. The first-order chi connectivity index (χ1) is 16.0. The highest BCUT2D eigenvalue weighted by molar-refractivity contribution is 5.96. The lowest BCUT2D eigenvalue weighted by Gasteiger charge is -2.24. The second-order valence-corrected chi connectivity index (χ2v) is 8.61. The number of aryl methyl sites for hydroxylation is 1. The van der Waals surface area contributed by atoms with Crippen molar-refractivity contribution in [1.29, 1.82) is 0 Å². The molecular formula is C26H30N4O3. The first kappa shape index (κ1) is 22.7. The SMILES string of the molecule is CCCCc1nc(=O)c(C(=O)N2CC[C@H](c3ccccc3)C2)c(O)n1C(C)c1ccncc1. The van der Waals surface area contributed by atoms with Crippen LogP contribution in [0, 0.1) is 0 Å². The van der Waals surface area contributed by atoms with Crippen molar-refractivity contribution in [2.24, 2.45) is 0 Å². The zero-order chi connectivity index (χ0) is 23.4. The monoisotopic (exact) mass is 446 g/mol. The van der Waals surface area contributed by atoms with Gasteiger partial charge < -0.3 is 10.0 Å². The van der Waals surface area contributed by atoms with Gasteiger partial charge in [0.25, 0.3) is 11.5 Å². The number of likely N-dealkylation sites (tertiary alicyclic amines) is 1. The molecule has 1 saturated heterocycles. The normalized spacial score (nSPS) is 16.7. The summed E-state index contributed by atoms with van der Waals surface area (Å²) >= 11 is 0. The highest BCUT2D eigenvalue weighted by atomic mass is 16.3. The molecule has 1 aliphatic rings. The predicted octanol–water partition coefficient (Wildman–Crippen LogP) is 3.93. The average molecular weight is 447 g/mol. The molecule has 1 amide bonds. The molecule has 3 aromatic rings. The van der Waals surface area contributed by atoms with E-state index in [-0.39, 0.29) is 23.4 Å². The van der Waals surface area contributed by atoms with E-state index in [2.05, 4.69) is 29.0 Å². The highest BCUT2D eigenvalue weighted by Gasteiger charge is 2.33. The second kappa shape index (κ2) is 9.98. The minimum atomic E-state index is -0.662. The Hall–Kier alpha value is -3.48. The summed E-state index contributed by atoms with van der Waals surface area (Å²) in [5, 5.41) is 11.3. The lowest BCUT2D eigenvalue weighted by Crippen LogP contribution is -2.35. The molecule has 33 heavy (non-hydrogen) atoms. The Labute approximate surface area is 193 Å². The number of aromatic hydroxyl groups is 1. The number of hydrogen-bond donors (Lipinski definition) is 1. The fraction of sp³-hybridized carbons (Fsp3) is 0.385. The standard InChI is InChI=1S/C26H30N4O3/c1-3-4-10-22-28-24(31)23(26(33)30(22)18(2)19-11-14-27-15-12-19)25(32)29-16-13-21(17-29)20-8-6-5-7-9-20/h5-9,11-12,14-15,18,21,33H,3-4,10,13,16-17H2,1-2H3/t18?,21-/m0/s1. The van der Waals surface area contributed by atoms with Crippen LogP contribution in [0.1, 0.15) is 72.4 Å². The Morgan fingerprint density at radius 2 is 1.91 bits per heavy atom. The van der Waals surface area contributed by atoms with Crippen LogP contribution >= 0.6 is 0 Å². The topological polar surface area (TPSA) is 88.3 Å². The molecule has 0 spiro atoms. The number of carbonyl (C=O) groups excluding carboxylic acids is 1. The molecular weight excluding hydrogens is 416 g/mol. The molecule has 0 radical (unpaired) electrons. The van der Waals surface area contributed by atoms with Crippen molar-refractivity contribution >= 4 is 5.91 Å². The lowest BCUT2D eigenvalue weighted by molar-refractivity contribution is 0.0783. The average Bonchev–Trinajstić information content (AvgIpc) is 3.34. The van der Waals surface area contributed by atoms with Gasteiger partial charge in [-0.3, -0.25) is 19.1 Å². The third-order valence-corrected chi connectivity index (χ3v) is 6.46.